The zero-order valence-electron chi connectivity index (χ0n) is 9.87. The van der Waals surface area contributed by atoms with E-state index in [1.165, 1.54) is 25.4 Å². The number of aromatic carboxylic acids is 1. The molecule has 0 bridgehead atoms. The van der Waals surface area contributed by atoms with Crippen LogP contribution in [0.25, 0.3) is 5.82 Å². The quantitative estimate of drug-likeness (QED) is 0.885. The van der Waals surface area contributed by atoms with Crippen LogP contribution in [-0.4, -0.2) is 30.6 Å². The molecule has 1 saturated carbocycles. The van der Waals surface area contributed by atoms with Gasteiger partial charge in [-0.15, -0.1) is 0 Å². The van der Waals surface area contributed by atoms with Gasteiger partial charge in [0.2, 0.25) is 0 Å². The van der Waals surface area contributed by atoms with Gasteiger partial charge in [0, 0.05) is 23.9 Å². The fourth-order valence-corrected chi connectivity index (χ4v) is 1.85. The van der Waals surface area contributed by atoms with Crippen LogP contribution in [0.5, 0.6) is 0 Å². The van der Waals surface area contributed by atoms with Crippen molar-refractivity contribution >= 4 is 5.97 Å². The first-order chi connectivity index (χ1) is 8.63. The first kappa shape index (κ1) is 10.9. The van der Waals surface area contributed by atoms with Gasteiger partial charge in [0.1, 0.15) is 18.0 Å². The number of carbonyl (C=O) groups is 1. The zero-order chi connectivity index (χ0) is 12.7. The van der Waals surface area contributed by atoms with Crippen molar-refractivity contribution in [2.24, 2.45) is 0 Å². The van der Waals surface area contributed by atoms with E-state index in [9.17, 15) is 4.79 Å². The predicted molar refractivity (Wildman–Crippen MR) is 62.8 cm³/mol. The van der Waals surface area contributed by atoms with Crippen molar-refractivity contribution in [1.82, 2.24) is 19.5 Å². The SMILES string of the molecule is Cc1nc(C2CC2)cc(-n2cnc(C(=O)O)c2)n1. The molecule has 1 fully saturated rings. The molecule has 1 N–H and O–H groups in total. The summed E-state index contributed by atoms with van der Waals surface area (Å²) in [5.41, 5.74) is 1.04. The molecule has 0 saturated heterocycles. The van der Waals surface area contributed by atoms with E-state index in [1.807, 2.05) is 13.0 Å². The van der Waals surface area contributed by atoms with E-state index in [1.54, 1.807) is 4.57 Å². The molecule has 0 atom stereocenters. The molecule has 0 radical (unpaired) electrons. The Balaban J connectivity index is 2.01. The minimum absolute atomic E-state index is 0.0132. The Kier molecular flexibility index (Phi) is 2.36. The fraction of sp³-hybridized carbons (Fsp3) is 0.333. The number of nitrogens with zero attached hydrogens (tertiary/aromatic N) is 4. The minimum atomic E-state index is -1.04. The molecule has 3 rings (SSSR count). The molecule has 2 heterocycles. The van der Waals surface area contributed by atoms with Gasteiger partial charge >= 0.3 is 5.97 Å². The Morgan fingerprint density at radius 1 is 1.44 bits per heavy atom. The molecular formula is C12H12N4O2. The lowest BCUT2D eigenvalue weighted by molar-refractivity contribution is 0.0691. The van der Waals surface area contributed by atoms with Gasteiger partial charge in [-0.1, -0.05) is 0 Å². The first-order valence-electron chi connectivity index (χ1n) is 5.77. The van der Waals surface area contributed by atoms with E-state index in [0.29, 0.717) is 17.6 Å². The van der Waals surface area contributed by atoms with E-state index in [2.05, 4.69) is 15.0 Å². The third kappa shape index (κ3) is 1.97. The maximum absolute atomic E-state index is 10.8. The number of rotatable bonds is 3. The van der Waals surface area contributed by atoms with Gasteiger partial charge in [0.15, 0.2) is 5.69 Å². The molecule has 0 spiro atoms. The van der Waals surface area contributed by atoms with Gasteiger partial charge < -0.3 is 5.11 Å². The molecule has 0 aliphatic heterocycles. The van der Waals surface area contributed by atoms with Crippen molar-refractivity contribution in [3.05, 3.63) is 35.8 Å². The monoisotopic (exact) mass is 244 g/mol. The molecule has 6 heteroatoms. The molecule has 1 aliphatic rings. The smallest absolute Gasteiger partial charge is 0.356 e. The van der Waals surface area contributed by atoms with Gasteiger partial charge in [-0.2, -0.15) is 0 Å². The lowest BCUT2D eigenvalue weighted by atomic mass is 10.2. The highest BCUT2D eigenvalue weighted by atomic mass is 16.4. The van der Waals surface area contributed by atoms with Gasteiger partial charge in [0.25, 0.3) is 0 Å². The van der Waals surface area contributed by atoms with Gasteiger partial charge in [-0.05, 0) is 19.8 Å². The van der Waals surface area contributed by atoms with Crippen LogP contribution >= 0.6 is 0 Å². The fourth-order valence-electron chi connectivity index (χ4n) is 1.85. The largest absolute Gasteiger partial charge is 0.476 e. The van der Waals surface area contributed by atoms with Gasteiger partial charge in [0.05, 0.1) is 0 Å². The van der Waals surface area contributed by atoms with Crippen LogP contribution in [0.2, 0.25) is 0 Å². The highest BCUT2D eigenvalue weighted by molar-refractivity contribution is 5.85. The summed E-state index contributed by atoms with van der Waals surface area (Å²) in [6.07, 6.45) is 5.25. The van der Waals surface area contributed by atoms with Crippen molar-refractivity contribution in [2.75, 3.05) is 0 Å². The van der Waals surface area contributed by atoms with Crippen LogP contribution in [0.3, 0.4) is 0 Å². The maximum atomic E-state index is 10.8. The lowest BCUT2D eigenvalue weighted by Crippen LogP contribution is -2.02. The Bertz CT molecular complexity index is 616. The van der Waals surface area contributed by atoms with Crippen LogP contribution in [0.15, 0.2) is 18.6 Å². The highest BCUT2D eigenvalue weighted by Crippen LogP contribution is 2.39. The maximum Gasteiger partial charge on any atom is 0.356 e. The van der Waals surface area contributed by atoms with E-state index in [4.69, 9.17) is 5.11 Å². The molecule has 0 aromatic carbocycles. The summed E-state index contributed by atoms with van der Waals surface area (Å²) >= 11 is 0. The van der Waals surface area contributed by atoms with Crippen LogP contribution in [0.1, 0.15) is 40.8 Å². The average molecular weight is 244 g/mol. The highest BCUT2D eigenvalue weighted by Gasteiger charge is 2.26. The Labute approximate surface area is 103 Å². The molecule has 0 unspecified atom stereocenters. The number of carboxylic acid groups (broad SMARTS) is 1. The second kappa shape index (κ2) is 3.90. The van der Waals surface area contributed by atoms with E-state index in [0.717, 1.165) is 5.69 Å². The average Bonchev–Trinajstić information content (AvgIpc) is 3.05. The molecule has 18 heavy (non-hydrogen) atoms. The zero-order valence-corrected chi connectivity index (χ0v) is 9.87. The molecular weight excluding hydrogens is 232 g/mol. The van der Waals surface area contributed by atoms with Crippen LogP contribution in [-0.2, 0) is 0 Å². The normalized spacial score (nSPS) is 14.7. The summed E-state index contributed by atoms with van der Waals surface area (Å²) in [4.78, 5) is 23.3. The second-order valence-electron chi connectivity index (χ2n) is 4.44. The number of aryl methyl sites for hydroxylation is 1. The first-order valence-corrected chi connectivity index (χ1v) is 5.77. The summed E-state index contributed by atoms with van der Waals surface area (Å²) in [6.45, 7) is 1.84. The minimum Gasteiger partial charge on any atom is -0.476 e. The molecule has 0 amide bonds. The number of carboxylic acids is 1. The number of aromatic nitrogens is 4. The van der Waals surface area contributed by atoms with E-state index < -0.39 is 5.97 Å². The van der Waals surface area contributed by atoms with Crippen molar-refractivity contribution in [2.45, 2.75) is 25.7 Å². The molecule has 2 aromatic rings. The van der Waals surface area contributed by atoms with Crippen LogP contribution in [0.4, 0.5) is 0 Å². The van der Waals surface area contributed by atoms with Crippen molar-refractivity contribution in [1.29, 1.82) is 0 Å². The topological polar surface area (TPSA) is 80.9 Å². The van der Waals surface area contributed by atoms with Crippen molar-refractivity contribution in [3.63, 3.8) is 0 Å². The number of imidazole rings is 1. The van der Waals surface area contributed by atoms with Gasteiger partial charge in [-0.25, -0.2) is 19.7 Å². The summed E-state index contributed by atoms with van der Waals surface area (Å²) < 4.78 is 1.62. The standard InChI is InChI=1S/C12H12N4O2/c1-7-14-9(8-2-3-8)4-11(15-7)16-5-10(12(17)18)13-6-16/h4-6,8H,2-3H2,1H3,(H,17,18). The lowest BCUT2D eigenvalue weighted by Gasteiger charge is -2.05. The Morgan fingerprint density at radius 2 is 2.22 bits per heavy atom. The summed E-state index contributed by atoms with van der Waals surface area (Å²) in [6, 6.07) is 1.90. The number of hydrogen-bond donors (Lipinski definition) is 1. The van der Waals surface area contributed by atoms with E-state index in [-0.39, 0.29) is 5.69 Å². The summed E-state index contributed by atoms with van der Waals surface area (Å²) in [5, 5.41) is 8.84. The molecule has 92 valence electrons. The van der Waals surface area contributed by atoms with Gasteiger partial charge in [-0.3, -0.25) is 4.57 Å². The Morgan fingerprint density at radius 3 is 2.83 bits per heavy atom. The Hall–Kier alpha value is -2.24. The summed E-state index contributed by atoms with van der Waals surface area (Å²) in [5.74, 6) is 0.860. The second-order valence-corrected chi connectivity index (χ2v) is 4.44. The third-order valence-electron chi connectivity index (χ3n) is 2.91. The predicted octanol–water partition coefficient (Wildman–Crippen LogP) is 1.55. The van der Waals surface area contributed by atoms with Crippen molar-refractivity contribution in [3.8, 4) is 5.82 Å². The molecule has 1 aliphatic carbocycles. The van der Waals surface area contributed by atoms with E-state index >= 15 is 0 Å². The number of hydrogen-bond acceptors (Lipinski definition) is 4. The van der Waals surface area contributed by atoms with Crippen molar-refractivity contribution < 1.29 is 9.90 Å². The molecule has 2 aromatic heterocycles. The summed E-state index contributed by atoms with van der Waals surface area (Å²) in [7, 11) is 0. The van der Waals surface area contributed by atoms with Crippen LogP contribution in [0, 0.1) is 6.92 Å². The van der Waals surface area contributed by atoms with Crippen LogP contribution < -0.4 is 0 Å². The molecule has 6 nitrogen and oxygen atoms in total. The third-order valence-corrected chi connectivity index (χ3v) is 2.91.